The highest BCUT2D eigenvalue weighted by Crippen LogP contribution is 2.39. The topological polar surface area (TPSA) is 93.1 Å². The molecule has 162 valence electrons. The lowest BCUT2D eigenvalue weighted by atomic mass is 10.1. The first-order valence-electron chi connectivity index (χ1n) is 8.61. The number of rotatable bonds is 7. The smallest absolute Gasteiger partial charge is 0.341 e. The van der Waals surface area contributed by atoms with Gasteiger partial charge in [0.15, 0.2) is 18.1 Å². The van der Waals surface area contributed by atoms with Crippen LogP contribution in [0.15, 0.2) is 35.2 Å². The van der Waals surface area contributed by atoms with Gasteiger partial charge in [0.05, 0.1) is 23.6 Å². The maximum absolute atomic E-state index is 12.8. The number of methoxy groups -OCH3 is 1. The molecule has 1 saturated heterocycles. The Balaban J connectivity index is 1.87. The van der Waals surface area contributed by atoms with E-state index in [1.165, 1.54) is 25.3 Å². The third kappa shape index (κ3) is 5.27. The molecule has 0 unspecified atom stereocenters. The number of hydrogen-bond donors (Lipinski definition) is 1. The van der Waals surface area contributed by atoms with Crippen LogP contribution in [-0.2, 0) is 16.1 Å². The first kappa shape index (κ1) is 23.3. The van der Waals surface area contributed by atoms with E-state index in [4.69, 9.17) is 49.4 Å². The molecule has 0 aliphatic carbocycles. The number of aliphatic carboxylic acids is 1. The van der Waals surface area contributed by atoms with E-state index in [0.717, 1.165) is 16.7 Å². The summed E-state index contributed by atoms with van der Waals surface area (Å²) in [5.41, 5.74) is 0.935. The van der Waals surface area contributed by atoms with Crippen LogP contribution >= 0.6 is 46.6 Å². The highest BCUT2D eigenvalue weighted by molar-refractivity contribution is 8.18. The Morgan fingerprint density at radius 1 is 1.16 bits per heavy atom. The first-order valence-corrected chi connectivity index (χ1v) is 10.6. The molecule has 2 aromatic rings. The van der Waals surface area contributed by atoms with Crippen molar-refractivity contribution in [2.75, 3.05) is 13.7 Å². The van der Waals surface area contributed by atoms with Crippen molar-refractivity contribution in [3.8, 4) is 11.5 Å². The summed E-state index contributed by atoms with van der Waals surface area (Å²) >= 11 is 19.3. The predicted octanol–water partition coefficient (Wildman–Crippen LogP) is 5.36. The second-order valence-electron chi connectivity index (χ2n) is 6.18. The minimum Gasteiger partial charge on any atom is -0.493 e. The van der Waals surface area contributed by atoms with Gasteiger partial charge in [-0.3, -0.25) is 14.5 Å². The molecule has 1 heterocycles. The van der Waals surface area contributed by atoms with Crippen LogP contribution in [-0.4, -0.2) is 40.8 Å². The van der Waals surface area contributed by atoms with Crippen molar-refractivity contribution in [1.82, 2.24) is 4.90 Å². The van der Waals surface area contributed by atoms with Gasteiger partial charge in [0.2, 0.25) is 0 Å². The summed E-state index contributed by atoms with van der Waals surface area (Å²) in [5.74, 6) is -1.44. The van der Waals surface area contributed by atoms with E-state index in [-0.39, 0.29) is 28.0 Å². The number of carbonyl (C=O) groups excluding carboxylic acids is 2. The van der Waals surface area contributed by atoms with Crippen molar-refractivity contribution in [2.24, 2.45) is 0 Å². The summed E-state index contributed by atoms with van der Waals surface area (Å²) in [6.45, 7) is -0.661. The van der Waals surface area contributed by atoms with Gasteiger partial charge in [0.1, 0.15) is 0 Å². The number of benzene rings is 2. The molecule has 0 atom stereocenters. The monoisotopic (exact) mass is 501 g/mol. The lowest BCUT2D eigenvalue weighted by Gasteiger charge is -2.14. The van der Waals surface area contributed by atoms with Gasteiger partial charge in [0.25, 0.3) is 11.1 Å². The van der Waals surface area contributed by atoms with Crippen molar-refractivity contribution in [3.05, 3.63) is 61.4 Å². The third-order valence-electron chi connectivity index (χ3n) is 4.14. The molecular weight excluding hydrogens is 489 g/mol. The lowest BCUT2D eigenvalue weighted by Crippen LogP contribution is -2.27. The molecule has 2 aromatic carbocycles. The maximum Gasteiger partial charge on any atom is 0.341 e. The summed E-state index contributed by atoms with van der Waals surface area (Å²) in [7, 11) is 1.37. The Hall–Kier alpha value is -2.39. The summed E-state index contributed by atoms with van der Waals surface area (Å²) < 4.78 is 10.4. The Morgan fingerprint density at radius 3 is 2.45 bits per heavy atom. The number of amides is 2. The highest BCUT2D eigenvalue weighted by Gasteiger charge is 2.35. The number of halogens is 3. The second-order valence-corrected chi connectivity index (χ2v) is 8.40. The van der Waals surface area contributed by atoms with Crippen molar-refractivity contribution in [2.45, 2.75) is 6.54 Å². The molecule has 1 aliphatic heterocycles. The van der Waals surface area contributed by atoms with Crippen LogP contribution in [0, 0.1) is 0 Å². The zero-order valence-corrected chi connectivity index (χ0v) is 18.9. The van der Waals surface area contributed by atoms with Gasteiger partial charge in [-0.1, -0.05) is 40.9 Å². The van der Waals surface area contributed by atoms with E-state index in [1.54, 1.807) is 18.2 Å². The van der Waals surface area contributed by atoms with Gasteiger partial charge >= 0.3 is 5.97 Å². The normalized spacial score (nSPS) is 15.0. The molecule has 31 heavy (non-hydrogen) atoms. The molecule has 1 fully saturated rings. The van der Waals surface area contributed by atoms with Crippen LogP contribution in [0.3, 0.4) is 0 Å². The number of ether oxygens (including phenoxy) is 2. The molecule has 3 rings (SSSR count). The molecule has 0 bridgehead atoms. The number of nitrogens with zero attached hydrogens (tertiary/aromatic N) is 1. The van der Waals surface area contributed by atoms with Crippen LogP contribution in [0.2, 0.25) is 15.1 Å². The van der Waals surface area contributed by atoms with Crippen molar-refractivity contribution in [1.29, 1.82) is 0 Å². The largest absolute Gasteiger partial charge is 0.493 e. The lowest BCUT2D eigenvalue weighted by molar-refractivity contribution is -0.139. The van der Waals surface area contributed by atoms with E-state index in [2.05, 4.69) is 0 Å². The Morgan fingerprint density at radius 2 is 1.84 bits per heavy atom. The van der Waals surface area contributed by atoms with Gasteiger partial charge in [-0.2, -0.15) is 0 Å². The molecule has 0 spiro atoms. The molecule has 1 aliphatic rings. The average molecular weight is 503 g/mol. The molecule has 11 heteroatoms. The van der Waals surface area contributed by atoms with Gasteiger partial charge in [-0.05, 0) is 47.7 Å². The van der Waals surface area contributed by atoms with E-state index in [1.807, 2.05) is 0 Å². The van der Waals surface area contributed by atoms with Crippen LogP contribution in [0.5, 0.6) is 11.5 Å². The predicted molar refractivity (Wildman–Crippen MR) is 119 cm³/mol. The maximum atomic E-state index is 12.8. The zero-order chi connectivity index (χ0) is 22.7. The quantitative estimate of drug-likeness (QED) is 0.510. The SMILES string of the molecule is COc1cc(/C=C2\SC(=O)N(Cc3c(Cl)cccc3Cl)C2=O)cc(Cl)c1OCC(=O)O. The summed E-state index contributed by atoms with van der Waals surface area (Å²) in [5, 5.41) is 9.11. The molecule has 0 aromatic heterocycles. The summed E-state index contributed by atoms with van der Waals surface area (Å²) in [6, 6.07) is 7.91. The molecule has 0 radical (unpaired) electrons. The Bertz CT molecular complexity index is 1080. The molecule has 0 saturated carbocycles. The number of carbonyl (C=O) groups is 3. The van der Waals surface area contributed by atoms with E-state index >= 15 is 0 Å². The minimum absolute atomic E-state index is 0.0604. The summed E-state index contributed by atoms with van der Waals surface area (Å²) in [6.07, 6.45) is 1.48. The Kier molecular flexibility index (Phi) is 7.38. The fourth-order valence-corrected chi connectivity index (χ4v) is 4.36. The van der Waals surface area contributed by atoms with Crippen LogP contribution in [0.25, 0.3) is 6.08 Å². The summed E-state index contributed by atoms with van der Waals surface area (Å²) in [4.78, 5) is 37.2. The zero-order valence-electron chi connectivity index (χ0n) is 15.9. The van der Waals surface area contributed by atoms with Gasteiger partial charge in [-0.15, -0.1) is 0 Å². The Labute approximate surface area is 196 Å². The first-order chi connectivity index (χ1) is 14.7. The van der Waals surface area contributed by atoms with Crippen LogP contribution in [0.4, 0.5) is 4.79 Å². The van der Waals surface area contributed by atoms with Crippen molar-refractivity contribution < 1.29 is 29.0 Å². The highest BCUT2D eigenvalue weighted by atomic mass is 35.5. The van der Waals surface area contributed by atoms with E-state index < -0.39 is 23.7 Å². The second kappa shape index (κ2) is 9.82. The van der Waals surface area contributed by atoms with Gasteiger partial charge in [-0.25, -0.2) is 4.79 Å². The van der Waals surface area contributed by atoms with Gasteiger partial charge < -0.3 is 14.6 Å². The average Bonchev–Trinajstić information content (AvgIpc) is 2.96. The number of carboxylic acids is 1. The molecular formula is C20H14Cl3NO6S. The number of thioether (sulfide) groups is 1. The van der Waals surface area contributed by atoms with E-state index in [9.17, 15) is 14.4 Å². The minimum atomic E-state index is -1.17. The number of carboxylic acid groups (broad SMARTS) is 1. The van der Waals surface area contributed by atoms with Gasteiger partial charge in [0, 0.05) is 15.6 Å². The van der Waals surface area contributed by atoms with E-state index in [0.29, 0.717) is 21.2 Å². The van der Waals surface area contributed by atoms with Crippen molar-refractivity contribution >= 4 is 69.8 Å². The molecule has 1 N–H and O–H groups in total. The molecule has 7 nitrogen and oxygen atoms in total. The fourth-order valence-electron chi connectivity index (χ4n) is 2.73. The molecule has 2 amide bonds. The third-order valence-corrected chi connectivity index (χ3v) is 6.04. The standard InChI is InChI=1S/C20H14Cl3NO6S/c1-29-15-6-10(5-14(23)18(15)30-9-17(25)26)7-16-19(27)24(20(28)31-16)8-11-12(21)3-2-4-13(11)22/h2-7H,8-9H2,1H3,(H,25,26)/b16-7-. The number of imide groups is 1. The fraction of sp³-hybridized carbons (Fsp3) is 0.150. The van der Waals surface area contributed by atoms with Crippen LogP contribution in [0.1, 0.15) is 11.1 Å². The van der Waals surface area contributed by atoms with Crippen molar-refractivity contribution in [3.63, 3.8) is 0 Å². The number of hydrogen-bond acceptors (Lipinski definition) is 6. The van der Waals surface area contributed by atoms with Crippen LogP contribution < -0.4 is 9.47 Å².